The first-order valence-electron chi connectivity index (χ1n) is 7.44. The summed E-state index contributed by atoms with van der Waals surface area (Å²) in [6.45, 7) is 0. The summed E-state index contributed by atoms with van der Waals surface area (Å²) in [5, 5.41) is 2.25. The van der Waals surface area contributed by atoms with Crippen LogP contribution in [0.3, 0.4) is 0 Å². The molecule has 0 aromatic heterocycles. The van der Waals surface area contributed by atoms with Gasteiger partial charge in [0.05, 0.1) is 17.3 Å². The molecule has 0 saturated carbocycles. The minimum Gasteiger partial charge on any atom is -0.274 e. The van der Waals surface area contributed by atoms with Gasteiger partial charge in [0.25, 0.3) is 0 Å². The van der Waals surface area contributed by atoms with E-state index in [9.17, 15) is 4.79 Å². The molecular weight excluding hydrogens is 260 g/mol. The third kappa shape index (κ3) is 1.33. The number of amides is 1. The number of nitrogens with zero attached hydrogens (tertiary/aromatic N) is 2. The fourth-order valence-corrected chi connectivity index (χ4v) is 3.90. The molecule has 5 rings (SSSR count). The van der Waals surface area contributed by atoms with Gasteiger partial charge in [0.1, 0.15) is 5.84 Å². The van der Waals surface area contributed by atoms with Gasteiger partial charge in [-0.1, -0.05) is 36.4 Å². The maximum Gasteiger partial charge on any atom is 0.236 e. The highest BCUT2D eigenvalue weighted by Gasteiger charge is 2.47. The van der Waals surface area contributed by atoms with E-state index in [0.717, 1.165) is 40.8 Å². The lowest BCUT2D eigenvalue weighted by Gasteiger charge is -2.25. The molecule has 2 aromatic rings. The Bertz CT molecular complexity index is 844. The van der Waals surface area contributed by atoms with Crippen LogP contribution in [0, 0.1) is 11.8 Å². The van der Waals surface area contributed by atoms with E-state index in [2.05, 4.69) is 24.3 Å². The molecule has 2 aromatic carbocycles. The minimum absolute atomic E-state index is 0.0679. The Hall–Kier alpha value is -2.42. The van der Waals surface area contributed by atoms with E-state index in [1.54, 1.807) is 0 Å². The number of benzene rings is 2. The molecule has 21 heavy (non-hydrogen) atoms. The average Bonchev–Trinajstić information content (AvgIpc) is 2.82. The van der Waals surface area contributed by atoms with Gasteiger partial charge in [-0.25, -0.2) is 4.99 Å². The molecule has 0 radical (unpaired) electrons. The van der Waals surface area contributed by atoms with Crippen LogP contribution in [-0.4, -0.2) is 11.7 Å². The SMILES string of the molecule is O=C1[C@@H]2CC=CC[C@@H]2C2=Nc3cccc4cccc(c34)N12. The number of rotatable bonds is 0. The summed E-state index contributed by atoms with van der Waals surface area (Å²) < 4.78 is 0. The van der Waals surface area contributed by atoms with Gasteiger partial charge in [-0.15, -0.1) is 0 Å². The van der Waals surface area contributed by atoms with Crippen molar-refractivity contribution in [1.29, 1.82) is 0 Å². The van der Waals surface area contributed by atoms with E-state index < -0.39 is 0 Å². The Morgan fingerprint density at radius 2 is 1.76 bits per heavy atom. The molecule has 2 atom stereocenters. The summed E-state index contributed by atoms with van der Waals surface area (Å²) in [5.74, 6) is 1.47. The van der Waals surface area contributed by atoms with Gasteiger partial charge >= 0.3 is 0 Å². The van der Waals surface area contributed by atoms with E-state index in [-0.39, 0.29) is 17.7 Å². The van der Waals surface area contributed by atoms with Crippen LogP contribution in [0.15, 0.2) is 53.5 Å². The summed E-state index contributed by atoms with van der Waals surface area (Å²) in [4.78, 5) is 19.6. The molecule has 3 heteroatoms. The number of amidine groups is 1. The molecule has 1 aliphatic carbocycles. The number of anilines is 1. The summed E-state index contributed by atoms with van der Waals surface area (Å²) in [6.07, 6.45) is 6.07. The zero-order chi connectivity index (χ0) is 14.0. The number of fused-ring (bicyclic) bond motifs is 4. The molecule has 1 amide bonds. The van der Waals surface area contributed by atoms with Crippen LogP contribution in [-0.2, 0) is 4.79 Å². The summed E-state index contributed by atoms with van der Waals surface area (Å²) >= 11 is 0. The van der Waals surface area contributed by atoms with Crippen molar-refractivity contribution < 1.29 is 4.79 Å². The highest BCUT2D eigenvalue weighted by Crippen LogP contribution is 2.46. The molecule has 2 heterocycles. The quantitative estimate of drug-likeness (QED) is 0.672. The molecule has 3 nitrogen and oxygen atoms in total. The predicted octanol–water partition coefficient (Wildman–Crippen LogP) is 3.81. The zero-order valence-corrected chi connectivity index (χ0v) is 11.5. The summed E-state index contributed by atoms with van der Waals surface area (Å²) in [5.41, 5.74) is 2.00. The van der Waals surface area contributed by atoms with Gasteiger partial charge in [0.2, 0.25) is 5.91 Å². The molecule has 1 saturated heterocycles. The molecule has 2 aliphatic heterocycles. The lowest BCUT2D eigenvalue weighted by molar-refractivity contribution is -0.120. The van der Waals surface area contributed by atoms with Gasteiger partial charge in [-0.3, -0.25) is 9.69 Å². The van der Waals surface area contributed by atoms with Gasteiger partial charge in [-0.05, 0) is 30.4 Å². The monoisotopic (exact) mass is 274 g/mol. The number of aliphatic imine (C=N–C) groups is 1. The zero-order valence-electron chi connectivity index (χ0n) is 11.5. The van der Waals surface area contributed by atoms with Crippen molar-refractivity contribution in [3.63, 3.8) is 0 Å². The van der Waals surface area contributed by atoms with Crippen LogP contribution in [0.2, 0.25) is 0 Å². The van der Waals surface area contributed by atoms with Crippen molar-refractivity contribution >= 4 is 33.9 Å². The van der Waals surface area contributed by atoms with Crippen LogP contribution in [0.1, 0.15) is 12.8 Å². The van der Waals surface area contributed by atoms with E-state index in [4.69, 9.17) is 4.99 Å². The van der Waals surface area contributed by atoms with Crippen molar-refractivity contribution in [3.05, 3.63) is 48.6 Å². The van der Waals surface area contributed by atoms with Crippen LogP contribution < -0.4 is 4.90 Å². The van der Waals surface area contributed by atoms with Crippen LogP contribution >= 0.6 is 0 Å². The van der Waals surface area contributed by atoms with Gasteiger partial charge in [0.15, 0.2) is 0 Å². The second-order valence-electron chi connectivity index (χ2n) is 5.95. The Kier molecular flexibility index (Phi) is 2.05. The third-order valence-electron chi connectivity index (χ3n) is 4.87. The summed E-state index contributed by atoms with van der Waals surface area (Å²) in [7, 11) is 0. The largest absolute Gasteiger partial charge is 0.274 e. The molecule has 0 spiro atoms. The summed E-state index contributed by atoms with van der Waals surface area (Å²) in [6, 6.07) is 12.3. The Labute approximate surface area is 122 Å². The van der Waals surface area contributed by atoms with Crippen molar-refractivity contribution in [2.45, 2.75) is 12.8 Å². The highest BCUT2D eigenvalue weighted by molar-refractivity contribution is 6.30. The maximum absolute atomic E-state index is 12.8. The topological polar surface area (TPSA) is 32.7 Å². The van der Waals surface area contributed by atoms with Gasteiger partial charge < -0.3 is 0 Å². The third-order valence-corrected chi connectivity index (χ3v) is 4.87. The maximum atomic E-state index is 12.8. The normalized spacial score (nSPS) is 25.8. The van der Waals surface area contributed by atoms with Crippen LogP contribution in [0.4, 0.5) is 11.4 Å². The van der Waals surface area contributed by atoms with Crippen molar-refractivity contribution in [2.75, 3.05) is 4.90 Å². The second-order valence-corrected chi connectivity index (χ2v) is 5.95. The van der Waals surface area contributed by atoms with Gasteiger partial charge in [0, 0.05) is 11.3 Å². The number of carbonyl (C=O) groups is 1. The number of hydrogen-bond acceptors (Lipinski definition) is 2. The molecule has 102 valence electrons. The molecular formula is C18H14N2O. The average molecular weight is 274 g/mol. The Morgan fingerprint density at radius 3 is 2.62 bits per heavy atom. The lowest BCUT2D eigenvalue weighted by atomic mass is 9.85. The fraction of sp³-hybridized carbons (Fsp3) is 0.222. The first-order chi connectivity index (χ1) is 10.3. The smallest absolute Gasteiger partial charge is 0.236 e. The van der Waals surface area contributed by atoms with Crippen molar-refractivity contribution in [1.82, 2.24) is 0 Å². The number of hydrogen-bond donors (Lipinski definition) is 0. The Balaban J connectivity index is 1.82. The van der Waals surface area contributed by atoms with Crippen LogP contribution in [0.5, 0.6) is 0 Å². The molecule has 0 bridgehead atoms. The van der Waals surface area contributed by atoms with Crippen LogP contribution in [0.25, 0.3) is 10.8 Å². The van der Waals surface area contributed by atoms with E-state index in [0.29, 0.717) is 0 Å². The number of carbonyl (C=O) groups excluding carboxylic acids is 1. The lowest BCUT2D eigenvalue weighted by Crippen LogP contribution is -2.32. The van der Waals surface area contributed by atoms with Crippen molar-refractivity contribution in [3.8, 4) is 0 Å². The van der Waals surface area contributed by atoms with E-state index in [1.807, 2.05) is 29.2 Å². The molecule has 0 N–H and O–H groups in total. The first kappa shape index (κ1) is 11.3. The molecule has 1 fully saturated rings. The standard InChI is InChI=1S/C18H14N2O/c21-18-13-8-2-1-7-12(13)17-19-14-9-3-5-11-6-4-10-15(16(11)14)20(17)18/h1-6,9-10,12-13H,7-8H2/t12-,13+/m0/s1. The Morgan fingerprint density at radius 1 is 1.00 bits per heavy atom. The predicted molar refractivity (Wildman–Crippen MR) is 83.9 cm³/mol. The highest BCUT2D eigenvalue weighted by atomic mass is 16.2. The molecule has 3 aliphatic rings. The fourth-order valence-electron chi connectivity index (χ4n) is 3.90. The second kappa shape index (κ2) is 3.82. The van der Waals surface area contributed by atoms with Crippen molar-refractivity contribution in [2.24, 2.45) is 16.8 Å². The first-order valence-corrected chi connectivity index (χ1v) is 7.44. The van der Waals surface area contributed by atoms with E-state index >= 15 is 0 Å². The van der Waals surface area contributed by atoms with E-state index in [1.165, 1.54) is 0 Å². The van der Waals surface area contributed by atoms with Gasteiger partial charge in [-0.2, -0.15) is 0 Å². The molecule has 0 unspecified atom stereocenters. The minimum atomic E-state index is 0.0679. The number of allylic oxidation sites excluding steroid dienone is 2.